The molecule has 1 unspecified atom stereocenters. The van der Waals surface area contributed by atoms with Gasteiger partial charge in [0, 0.05) is 13.1 Å². The van der Waals surface area contributed by atoms with E-state index in [0.29, 0.717) is 0 Å². The lowest BCUT2D eigenvalue weighted by Crippen LogP contribution is -2.53. The third-order valence-corrected chi connectivity index (χ3v) is 5.66. The summed E-state index contributed by atoms with van der Waals surface area (Å²) >= 11 is 0. The zero-order valence-corrected chi connectivity index (χ0v) is 15.0. The minimum Gasteiger partial charge on any atom is -0.461 e. The molecule has 0 radical (unpaired) electrons. The molecule has 0 amide bonds. The zero-order chi connectivity index (χ0) is 17.0. The highest BCUT2D eigenvalue weighted by molar-refractivity contribution is 5.82. The van der Waals surface area contributed by atoms with Gasteiger partial charge in [-0.3, -0.25) is 4.90 Å². The largest absolute Gasteiger partial charge is 0.461 e. The first-order chi connectivity index (χ1) is 11.6. The monoisotopic (exact) mass is 330 g/mol. The second kappa shape index (κ2) is 7.66. The van der Waals surface area contributed by atoms with E-state index in [1.54, 1.807) is 0 Å². The Kier molecular flexibility index (Phi) is 5.57. The van der Waals surface area contributed by atoms with Gasteiger partial charge in [0.15, 0.2) is 0 Å². The topological polar surface area (TPSA) is 32.8 Å². The predicted octanol–water partition coefficient (Wildman–Crippen LogP) is 3.03. The van der Waals surface area contributed by atoms with Gasteiger partial charge in [-0.05, 0) is 58.3 Å². The van der Waals surface area contributed by atoms with Crippen molar-refractivity contribution in [3.05, 3.63) is 35.9 Å². The fourth-order valence-corrected chi connectivity index (χ4v) is 3.90. The summed E-state index contributed by atoms with van der Waals surface area (Å²) in [6, 6.07) is 10.2. The van der Waals surface area contributed by atoms with Crippen LogP contribution in [0.1, 0.15) is 44.6 Å². The van der Waals surface area contributed by atoms with E-state index in [1.807, 2.05) is 25.1 Å². The molecule has 4 heteroatoms. The van der Waals surface area contributed by atoms with Gasteiger partial charge in [-0.15, -0.1) is 0 Å². The predicted molar refractivity (Wildman–Crippen MR) is 95.8 cm³/mol. The molecule has 0 bridgehead atoms. The lowest BCUT2D eigenvalue weighted by molar-refractivity contribution is -0.167. The molecule has 132 valence electrons. The van der Waals surface area contributed by atoms with Crippen LogP contribution in [0.25, 0.3) is 0 Å². The molecule has 0 spiro atoms. The van der Waals surface area contributed by atoms with Gasteiger partial charge in [0.1, 0.15) is 11.6 Å². The van der Waals surface area contributed by atoms with Gasteiger partial charge in [0.05, 0.1) is 0 Å². The van der Waals surface area contributed by atoms with Crippen LogP contribution in [0.5, 0.6) is 0 Å². The van der Waals surface area contributed by atoms with E-state index in [1.165, 1.54) is 6.42 Å². The highest BCUT2D eigenvalue weighted by atomic mass is 16.5. The van der Waals surface area contributed by atoms with Gasteiger partial charge in [0.2, 0.25) is 0 Å². The zero-order valence-electron chi connectivity index (χ0n) is 15.0. The summed E-state index contributed by atoms with van der Waals surface area (Å²) in [7, 11) is 2.12. The van der Waals surface area contributed by atoms with E-state index in [2.05, 4.69) is 29.0 Å². The number of ether oxygens (including phenoxy) is 1. The number of rotatable bonds is 4. The average Bonchev–Trinajstić information content (AvgIpc) is 2.64. The van der Waals surface area contributed by atoms with E-state index in [0.717, 1.165) is 57.4 Å². The maximum absolute atomic E-state index is 13.2. The van der Waals surface area contributed by atoms with E-state index in [-0.39, 0.29) is 12.1 Å². The Morgan fingerprint density at radius 2 is 1.67 bits per heavy atom. The van der Waals surface area contributed by atoms with Crippen molar-refractivity contribution >= 4 is 5.97 Å². The maximum Gasteiger partial charge on any atom is 0.331 e. The Balaban J connectivity index is 1.80. The number of likely N-dealkylation sites (tertiary alicyclic amines) is 2. The highest BCUT2D eigenvalue weighted by Crippen LogP contribution is 2.33. The summed E-state index contributed by atoms with van der Waals surface area (Å²) in [6.45, 7) is 5.99. The van der Waals surface area contributed by atoms with Crippen molar-refractivity contribution in [3.8, 4) is 0 Å². The first-order valence-corrected chi connectivity index (χ1v) is 9.31. The van der Waals surface area contributed by atoms with Crippen molar-refractivity contribution in [1.29, 1.82) is 0 Å². The Morgan fingerprint density at radius 1 is 1.04 bits per heavy atom. The summed E-state index contributed by atoms with van der Waals surface area (Å²) < 4.78 is 6.01. The SMILES string of the molecule is CN1CCC(OC(=O)C(C)(c2ccccc2)N2CCCCC2)CC1. The lowest BCUT2D eigenvalue weighted by atomic mass is 9.88. The van der Waals surface area contributed by atoms with Crippen LogP contribution in [0.4, 0.5) is 0 Å². The third-order valence-electron chi connectivity index (χ3n) is 5.66. The van der Waals surface area contributed by atoms with Crippen molar-refractivity contribution < 1.29 is 9.53 Å². The highest BCUT2D eigenvalue weighted by Gasteiger charge is 2.44. The van der Waals surface area contributed by atoms with Crippen molar-refractivity contribution in [3.63, 3.8) is 0 Å². The molecule has 0 saturated carbocycles. The number of hydrogen-bond donors (Lipinski definition) is 0. The normalized spacial score (nSPS) is 23.6. The van der Waals surface area contributed by atoms with Crippen LogP contribution in [0, 0.1) is 0 Å². The number of hydrogen-bond acceptors (Lipinski definition) is 4. The van der Waals surface area contributed by atoms with Crippen molar-refractivity contribution in [2.75, 3.05) is 33.2 Å². The van der Waals surface area contributed by atoms with Crippen LogP contribution in [-0.4, -0.2) is 55.1 Å². The van der Waals surface area contributed by atoms with Crippen LogP contribution < -0.4 is 0 Å². The molecular weight excluding hydrogens is 300 g/mol. The summed E-state index contributed by atoms with van der Waals surface area (Å²) in [5, 5.41) is 0. The van der Waals surface area contributed by atoms with Gasteiger partial charge < -0.3 is 9.64 Å². The molecule has 2 aliphatic heterocycles. The van der Waals surface area contributed by atoms with Crippen LogP contribution in [0.3, 0.4) is 0 Å². The molecule has 2 saturated heterocycles. The Bertz CT molecular complexity index is 534. The number of piperidine rings is 2. The van der Waals surface area contributed by atoms with Gasteiger partial charge in [-0.2, -0.15) is 0 Å². The Morgan fingerprint density at radius 3 is 2.29 bits per heavy atom. The molecule has 4 nitrogen and oxygen atoms in total. The third kappa shape index (κ3) is 3.65. The van der Waals surface area contributed by atoms with Crippen LogP contribution in [0.15, 0.2) is 30.3 Å². The first kappa shape index (κ1) is 17.4. The summed E-state index contributed by atoms with van der Waals surface area (Å²) in [5.74, 6) is -0.0786. The minimum absolute atomic E-state index is 0.0570. The van der Waals surface area contributed by atoms with Crippen molar-refractivity contribution in [2.24, 2.45) is 0 Å². The quantitative estimate of drug-likeness (QED) is 0.795. The molecule has 1 atom stereocenters. The molecule has 0 aromatic heterocycles. The molecule has 24 heavy (non-hydrogen) atoms. The average molecular weight is 330 g/mol. The van der Waals surface area contributed by atoms with E-state index in [9.17, 15) is 4.79 Å². The van der Waals surface area contributed by atoms with Gasteiger partial charge in [0.25, 0.3) is 0 Å². The van der Waals surface area contributed by atoms with Gasteiger partial charge >= 0.3 is 5.97 Å². The second-order valence-electron chi connectivity index (χ2n) is 7.39. The molecule has 0 N–H and O–H groups in total. The van der Waals surface area contributed by atoms with Gasteiger partial charge in [-0.1, -0.05) is 36.8 Å². The van der Waals surface area contributed by atoms with Crippen LogP contribution in [-0.2, 0) is 15.1 Å². The van der Waals surface area contributed by atoms with E-state index >= 15 is 0 Å². The molecule has 2 aliphatic rings. The molecule has 2 heterocycles. The fourth-order valence-electron chi connectivity index (χ4n) is 3.90. The molecular formula is C20H30N2O2. The van der Waals surface area contributed by atoms with Crippen molar-refractivity contribution in [2.45, 2.75) is 50.7 Å². The molecule has 1 aromatic rings. The first-order valence-electron chi connectivity index (χ1n) is 9.31. The Labute approximate surface area is 145 Å². The molecule has 3 rings (SSSR count). The van der Waals surface area contributed by atoms with E-state index in [4.69, 9.17) is 4.74 Å². The standard InChI is InChI=1S/C20H30N2O2/c1-20(17-9-5-3-6-10-17,22-13-7-4-8-14-22)19(23)24-18-11-15-21(2)16-12-18/h3,5-6,9-10,18H,4,7-8,11-16H2,1-2H3. The van der Waals surface area contributed by atoms with E-state index < -0.39 is 5.54 Å². The number of carbonyl (C=O) groups is 1. The second-order valence-corrected chi connectivity index (χ2v) is 7.39. The van der Waals surface area contributed by atoms with Crippen LogP contribution >= 0.6 is 0 Å². The lowest BCUT2D eigenvalue weighted by Gasteiger charge is -2.42. The number of esters is 1. The Hall–Kier alpha value is -1.39. The van der Waals surface area contributed by atoms with Gasteiger partial charge in [-0.25, -0.2) is 4.79 Å². The molecule has 0 aliphatic carbocycles. The number of benzene rings is 1. The number of nitrogens with zero attached hydrogens (tertiary/aromatic N) is 2. The summed E-state index contributed by atoms with van der Waals surface area (Å²) in [4.78, 5) is 17.9. The van der Waals surface area contributed by atoms with Crippen LogP contribution in [0.2, 0.25) is 0 Å². The molecule has 1 aromatic carbocycles. The van der Waals surface area contributed by atoms with Crippen molar-refractivity contribution in [1.82, 2.24) is 9.80 Å². The number of carbonyl (C=O) groups excluding carboxylic acids is 1. The smallest absolute Gasteiger partial charge is 0.331 e. The molecule has 2 fully saturated rings. The summed E-state index contributed by atoms with van der Waals surface area (Å²) in [6.07, 6.45) is 5.50. The fraction of sp³-hybridized carbons (Fsp3) is 0.650. The maximum atomic E-state index is 13.2. The summed E-state index contributed by atoms with van der Waals surface area (Å²) in [5.41, 5.74) is 0.371. The minimum atomic E-state index is -0.676.